The van der Waals surface area contributed by atoms with E-state index < -0.39 is 0 Å². The molecule has 0 aromatic carbocycles. The van der Waals surface area contributed by atoms with Gasteiger partial charge in [-0.15, -0.1) is 11.3 Å². The summed E-state index contributed by atoms with van der Waals surface area (Å²) in [6, 6.07) is -0.138. The topological polar surface area (TPSA) is 65.5 Å². The smallest absolute Gasteiger partial charge is 0.319 e. The van der Waals surface area contributed by atoms with Crippen LogP contribution in [0.3, 0.4) is 0 Å². The monoisotopic (exact) mass is 312 g/mol. The van der Waals surface area contributed by atoms with Crippen molar-refractivity contribution in [2.24, 2.45) is 0 Å². The molecule has 1 aromatic heterocycles. The molecule has 3 amide bonds. The van der Waals surface area contributed by atoms with Crippen LogP contribution in [0.2, 0.25) is 0 Å². The normalized spacial score (nSPS) is 10.2. The molecular weight excluding hydrogens is 288 g/mol. The number of carbonyl (C=O) groups excluding carboxylic acids is 2. The summed E-state index contributed by atoms with van der Waals surface area (Å²) in [4.78, 5) is 31.2. The fourth-order valence-corrected chi connectivity index (χ4v) is 2.42. The van der Waals surface area contributed by atoms with Crippen molar-refractivity contribution in [3.05, 3.63) is 11.6 Å². The van der Waals surface area contributed by atoms with Gasteiger partial charge in [-0.25, -0.2) is 9.78 Å². The lowest BCUT2D eigenvalue weighted by Gasteiger charge is -2.25. The zero-order valence-corrected chi connectivity index (χ0v) is 13.8. The summed E-state index contributed by atoms with van der Waals surface area (Å²) in [5.74, 6) is -0.212. The minimum absolute atomic E-state index is 0.0583. The van der Waals surface area contributed by atoms with Crippen LogP contribution in [0.4, 0.5) is 9.93 Å². The highest BCUT2D eigenvalue weighted by Crippen LogP contribution is 2.10. The van der Waals surface area contributed by atoms with E-state index in [1.54, 1.807) is 30.6 Å². The Hall–Kier alpha value is -1.63. The molecule has 1 heterocycles. The number of urea groups is 1. The molecule has 0 unspecified atom stereocenters. The Labute approximate surface area is 130 Å². The second-order valence-corrected chi connectivity index (χ2v) is 5.94. The molecule has 0 saturated carbocycles. The molecule has 0 bridgehead atoms. The second kappa shape index (κ2) is 9.33. The van der Waals surface area contributed by atoms with Crippen LogP contribution in [0.1, 0.15) is 32.6 Å². The van der Waals surface area contributed by atoms with Gasteiger partial charge in [0.05, 0.1) is 0 Å². The third kappa shape index (κ3) is 6.57. The Bertz CT molecular complexity index is 434. The largest absolute Gasteiger partial charge is 0.331 e. The number of thiazole rings is 1. The molecule has 0 aliphatic rings. The molecule has 118 valence electrons. The van der Waals surface area contributed by atoms with E-state index in [4.69, 9.17) is 0 Å². The maximum atomic E-state index is 12.1. The molecule has 0 atom stereocenters. The number of nitrogens with zero attached hydrogens (tertiary/aromatic N) is 3. The standard InChI is InChI=1S/C14H24N4O2S/c1-4-5-6-7-9-18(14(20)17(2)3)11-12(19)16-13-15-8-10-21-13/h8,10H,4-7,9,11H2,1-3H3,(H,15,16,19). The summed E-state index contributed by atoms with van der Waals surface area (Å²) in [7, 11) is 3.39. The van der Waals surface area contributed by atoms with Gasteiger partial charge in [0.15, 0.2) is 5.13 Å². The molecule has 0 fully saturated rings. The average Bonchev–Trinajstić information content (AvgIpc) is 2.94. The van der Waals surface area contributed by atoms with E-state index in [1.165, 1.54) is 16.2 Å². The lowest BCUT2D eigenvalue weighted by molar-refractivity contribution is -0.116. The first-order valence-corrected chi connectivity index (χ1v) is 8.08. The molecule has 1 rings (SSSR count). The van der Waals surface area contributed by atoms with Crippen molar-refractivity contribution in [2.45, 2.75) is 32.6 Å². The Balaban J connectivity index is 2.50. The maximum Gasteiger partial charge on any atom is 0.319 e. The molecular formula is C14H24N4O2S. The van der Waals surface area contributed by atoms with Crippen molar-refractivity contribution in [1.82, 2.24) is 14.8 Å². The second-order valence-electron chi connectivity index (χ2n) is 5.04. The number of hydrogen-bond acceptors (Lipinski definition) is 4. The van der Waals surface area contributed by atoms with Crippen LogP contribution >= 0.6 is 11.3 Å². The van der Waals surface area contributed by atoms with Crippen LogP contribution in [-0.2, 0) is 4.79 Å². The van der Waals surface area contributed by atoms with Gasteiger partial charge in [-0.05, 0) is 6.42 Å². The van der Waals surface area contributed by atoms with Gasteiger partial charge in [0.2, 0.25) is 5.91 Å². The van der Waals surface area contributed by atoms with E-state index in [0.717, 1.165) is 25.7 Å². The summed E-state index contributed by atoms with van der Waals surface area (Å²) in [6.45, 7) is 2.80. The van der Waals surface area contributed by atoms with Crippen LogP contribution < -0.4 is 5.32 Å². The van der Waals surface area contributed by atoms with Crippen molar-refractivity contribution in [3.63, 3.8) is 0 Å². The van der Waals surface area contributed by atoms with Crippen LogP contribution in [0.25, 0.3) is 0 Å². The first kappa shape index (κ1) is 17.4. The highest BCUT2D eigenvalue weighted by Gasteiger charge is 2.18. The van der Waals surface area contributed by atoms with E-state index in [0.29, 0.717) is 11.7 Å². The Morgan fingerprint density at radius 3 is 2.62 bits per heavy atom. The molecule has 1 aromatic rings. The third-order valence-electron chi connectivity index (χ3n) is 2.95. The van der Waals surface area contributed by atoms with Gasteiger partial charge in [-0.3, -0.25) is 4.79 Å². The van der Waals surface area contributed by atoms with Crippen LogP contribution in [0.5, 0.6) is 0 Å². The van der Waals surface area contributed by atoms with Gasteiger partial charge < -0.3 is 15.1 Å². The predicted octanol–water partition coefficient (Wildman–Crippen LogP) is 2.65. The number of amides is 3. The molecule has 1 N–H and O–H groups in total. The van der Waals surface area contributed by atoms with Crippen molar-refractivity contribution in [3.8, 4) is 0 Å². The summed E-state index contributed by atoms with van der Waals surface area (Å²) < 4.78 is 0. The van der Waals surface area contributed by atoms with Crippen LogP contribution in [-0.4, -0.2) is 53.9 Å². The molecule has 0 saturated heterocycles. The van der Waals surface area contributed by atoms with Crippen molar-refractivity contribution >= 4 is 28.4 Å². The Kier molecular flexibility index (Phi) is 7.74. The van der Waals surface area contributed by atoms with E-state index in [2.05, 4.69) is 17.2 Å². The van der Waals surface area contributed by atoms with E-state index in [-0.39, 0.29) is 18.5 Å². The molecule has 0 radical (unpaired) electrons. The number of aromatic nitrogens is 1. The van der Waals surface area contributed by atoms with Crippen LogP contribution in [0, 0.1) is 0 Å². The fourth-order valence-electron chi connectivity index (χ4n) is 1.87. The number of carbonyl (C=O) groups is 2. The zero-order chi connectivity index (χ0) is 15.7. The molecule has 21 heavy (non-hydrogen) atoms. The predicted molar refractivity (Wildman–Crippen MR) is 85.5 cm³/mol. The van der Waals surface area contributed by atoms with Crippen molar-refractivity contribution in [1.29, 1.82) is 0 Å². The molecule has 0 aliphatic carbocycles. The lowest BCUT2D eigenvalue weighted by atomic mass is 10.2. The fraction of sp³-hybridized carbons (Fsp3) is 0.643. The summed E-state index contributed by atoms with van der Waals surface area (Å²) in [6.07, 6.45) is 5.91. The summed E-state index contributed by atoms with van der Waals surface area (Å²) in [5, 5.41) is 5.06. The number of unbranched alkanes of at least 4 members (excludes halogenated alkanes) is 3. The first-order valence-electron chi connectivity index (χ1n) is 7.20. The highest BCUT2D eigenvalue weighted by molar-refractivity contribution is 7.13. The molecule has 0 aliphatic heterocycles. The van der Waals surface area contributed by atoms with Crippen molar-refractivity contribution < 1.29 is 9.59 Å². The van der Waals surface area contributed by atoms with Crippen LogP contribution in [0.15, 0.2) is 11.6 Å². The highest BCUT2D eigenvalue weighted by atomic mass is 32.1. The quantitative estimate of drug-likeness (QED) is 0.750. The number of rotatable bonds is 8. The third-order valence-corrected chi connectivity index (χ3v) is 3.64. The average molecular weight is 312 g/mol. The van der Waals surface area contributed by atoms with Crippen molar-refractivity contribution in [2.75, 3.05) is 32.5 Å². The minimum Gasteiger partial charge on any atom is -0.331 e. The minimum atomic E-state index is -0.212. The summed E-state index contributed by atoms with van der Waals surface area (Å²) in [5.41, 5.74) is 0. The lowest BCUT2D eigenvalue weighted by Crippen LogP contribution is -2.44. The first-order chi connectivity index (χ1) is 10.0. The number of anilines is 1. The molecule has 6 nitrogen and oxygen atoms in total. The van der Waals surface area contributed by atoms with Gasteiger partial charge >= 0.3 is 6.03 Å². The van der Waals surface area contributed by atoms with Gasteiger partial charge in [-0.1, -0.05) is 26.2 Å². The SMILES string of the molecule is CCCCCCN(CC(=O)Nc1nccs1)C(=O)N(C)C. The van der Waals surface area contributed by atoms with E-state index in [1.807, 2.05) is 0 Å². The van der Waals surface area contributed by atoms with E-state index >= 15 is 0 Å². The number of nitrogens with one attached hydrogen (secondary N) is 1. The zero-order valence-electron chi connectivity index (χ0n) is 13.0. The van der Waals surface area contributed by atoms with Gasteiger partial charge in [0.1, 0.15) is 6.54 Å². The molecule has 7 heteroatoms. The number of hydrogen-bond donors (Lipinski definition) is 1. The van der Waals surface area contributed by atoms with E-state index in [9.17, 15) is 9.59 Å². The maximum absolute atomic E-state index is 12.1. The van der Waals surface area contributed by atoms with Gasteiger partial charge in [0, 0.05) is 32.2 Å². The Morgan fingerprint density at radius 1 is 1.29 bits per heavy atom. The summed E-state index contributed by atoms with van der Waals surface area (Å²) >= 11 is 1.36. The van der Waals surface area contributed by atoms with Gasteiger partial charge in [0.25, 0.3) is 0 Å². The van der Waals surface area contributed by atoms with Gasteiger partial charge in [-0.2, -0.15) is 0 Å². The molecule has 0 spiro atoms. The Morgan fingerprint density at radius 2 is 2.05 bits per heavy atom.